The average molecular weight is 298 g/mol. The van der Waals surface area contributed by atoms with Crippen molar-refractivity contribution >= 4 is 15.9 Å². The van der Waals surface area contributed by atoms with Crippen LogP contribution in [0.2, 0.25) is 0 Å². The Balaban J connectivity index is 2.54. The summed E-state index contributed by atoms with van der Waals surface area (Å²) in [6.07, 6.45) is 1.22. The number of benzene rings is 1. The van der Waals surface area contributed by atoms with E-state index in [2.05, 4.69) is 65.9 Å². The van der Waals surface area contributed by atoms with Crippen LogP contribution in [0, 0.1) is 0 Å². The fraction of sp³-hybridized carbons (Fsp3) is 0.600. The number of hydrogen-bond donors (Lipinski definition) is 0. The third-order valence-electron chi connectivity index (χ3n) is 3.11. The van der Waals surface area contributed by atoms with Gasteiger partial charge < -0.3 is 0 Å². The predicted molar refractivity (Wildman–Crippen MR) is 79.9 cm³/mol. The van der Waals surface area contributed by atoms with Crippen LogP contribution in [-0.4, -0.2) is 23.3 Å². The number of nitrogens with zero attached hydrogens (tertiary/aromatic N) is 1. The highest BCUT2D eigenvalue weighted by Gasteiger charge is 2.04. The van der Waals surface area contributed by atoms with Gasteiger partial charge in [-0.1, -0.05) is 61.0 Å². The maximum absolute atomic E-state index is 3.49. The van der Waals surface area contributed by atoms with E-state index in [0.717, 1.165) is 18.4 Å². The van der Waals surface area contributed by atoms with Gasteiger partial charge >= 0.3 is 0 Å². The van der Waals surface area contributed by atoms with Crippen LogP contribution in [0.5, 0.6) is 0 Å². The fourth-order valence-electron chi connectivity index (χ4n) is 1.90. The van der Waals surface area contributed by atoms with Crippen molar-refractivity contribution in [3.05, 3.63) is 35.4 Å². The Labute approximate surface area is 114 Å². The summed E-state index contributed by atoms with van der Waals surface area (Å²) in [7, 11) is 0. The van der Waals surface area contributed by atoms with Crippen LogP contribution in [-0.2, 0) is 6.54 Å². The molecule has 0 amide bonds. The van der Waals surface area contributed by atoms with E-state index in [1.54, 1.807) is 0 Å². The quantitative estimate of drug-likeness (QED) is 0.674. The molecule has 0 bridgehead atoms. The molecule has 0 unspecified atom stereocenters. The van der Waals surface area contributed by atoms with Gasteiger partial charge in [0.15, 0.2) is 0 Å². The molecular formula is C15H24BrN. The highest BCUT2D eigenvalue weighted by molar-refractivity contribution is 9.09. The van der Waals surface area contributed by atoms with Gasteiger partial charge in [0.2, 0.25) is 0 Å². The molecule has 0 N–H and O–H groups in total. The first-order valence-electron chi connectivity index (χ1n) is 6.54. The smallest absolute Gasteiger partial charge is 0.0233 e. The minimum atomic E-state index is 0.625. The zero-order valence-electron chi connectivity index (χ0n) is 11.2. The molecule has 0 aromatic heterocycles. The van der Waals surface area contributed by atoms with E-state index in [-0.39, 0.29) is 0 Å². The van der Waals surface area contributed by atoms with E-state index in [9.17, 15) is 0 Å². The van der Waals surface area contributed by atoms with Crippen LogP contribution >= 0.6 is 15.9 Å². The van der Waals surface area contributed by atoms with Crippen molar-refractivity contribution in [3.63, 3.8) is 0 Å². The van der Waals surface area contributed by atoms with Crippen LogP contribution < -0.4 is 0 Å². The summed E-state index contributed by atoms with van der Waals surface area (Å²) in [6.45, 7) is 10.1. The van der Waals surface area contributed by atoms with Crippen LogP contribution in [0.4, 0.5) is 0 Å². The van der Waals surface area contributed by atoms with Crippen molar-refractivity contribution in [1.82, 2.24) is 4.90 Å². The lowest BCUT2D eigenvalue weighted by atomic mass is 10.0. The largest absolute Gasteiger partial charge is 0.299 e. The Morgan fingerprint density at radius 3 is 2.29 bits per heavy atom. The van der Waals surface area contributed by atoms with Gasteiger partial charge in [-0.25, -0.2) is 0 Å². The molecule has 1 rings (SSSR count). The van der Waals surface area contributed by atoms with Crippen molar-refractivity contribution < 1.29 is 0 Å². The normalized spacial score (nSPS) is 11.4. The molecule has 0 saturated carbocycles. The highest BCUT2D eigenvalue weighted by atomic mass is 79.9. The molecule has 1 aromatic rings. The maximum atomic E-state index is 3.49. The molecule has 1 aromatic carbocycles. The Morgan fingerprint density at radius 2 is 1.82 bits per heavy atom. The van der Waals surface area contributed by atoms with Gasteiger partial charge in [-0.3, -0.25) is 4.90 Å². The van der Waals surface area contributed by atoms with Crippen molar-refractivity contribution in [3.8, 4) is 0 Å². The van der Waals surface area contributed by atoms with Gasteiger partial charge in [0.05, 0.1) is 0 Å². The summed E-state index contributed by atoms with van der Waals surface area (Å²) in [6, 6.07) is 9.06. The molecule has 2 heteroatoms. The van der Waals surface area contributed by atoms with Crippen molar-refractivity contribution in [2.75, 3.05) is 18.4 Å². The third kappa shape index (κ3) is 5.22. The molecule has 1 nitrogen and oxygen atoms in total. The zero-order valence-corrected chi connectivity index (χ0v) is 12.8. The third-order valence-corrected chi connectivity index (χ3v) is 3.67. The molecule has 0 saturated heterocycles. The van der Waals surface area contributed by atoms with Gasteiger partial charge in [-0.05, 0) is 36.6 Å². The topological polar surface area (TPSA) is 3.24 Å². The monoisotopic (exact) mass is 297 g/mol. The lowest BCUT2D eigenvalue weighted by molar-refractivity contribution is 0.282. The summed E-state index contributed by atoms with van der Waals surface area (Å²) >= 11 is 3.49. The van der Waals surface area contributed by atoms with E-state index in [1.807, 2.05) is 0 Å². The number of halogens is 1. The van der Waals surface area contributed by atoms with Crippen LogP contribution in [0.15, 0.2) is 24.3 Å². The summed E-state index contributed by atoms with van der Waals surface area (Å²) in [4.78, 5) is 2.49. The summed E-state index contributed by atoms with van der Waals surface area (Å²) in [5, 5.41) is 1.09. The minimum Gasteiger partial charge on any atom is -0.299 e. The Hall–Kier alpha value is -0.340. The lowest BCUT2D eigenvalue weighted by Crippen LogP contribution is -2.24. The second-order valence-corrected chi connectivity index (χ2v) is 5.60. The SMILES string of the molecule is CCN(CCCBr)Cc1ccc(C(C)C)cc1. The van der Waals surface area contributed by atoms with Crippen molar-refractivity contribution in [2.45, 2.75) is 39.7 Å². The van der Waals surface area contributed by atoms with E-state index >= 15 is 0 Å². The summed E-state index contributed by atoms with van der Waals surface area (Å²) in [5.41, 5.74) is 2.85. The van der Waals surface area contributed by atoms with Crippen molar-refractivity contribution in [1.29, 1.82) is 0 Å². The Morgan fingerprint density at radius 1 is 1.18 bits per heavy atom. The first kappa shape index (κ1) is 14.7. The second kappa shape index (κ2) is 7.88. The van der Waals surface area contributed by atoms with E-state index in [4.69, 9.17) is 0 Å². The molecule has 96 valence electrons. The van der Waals surface area contributed by atoms with Crippen LogP contribution in [0.1, 0.15) is 44.2 Å². The Kier molecular flexibility index (Phi) is 6.83. The summed E-state index contributed by atoms with van der Waals surface area (Å²) in [5.74, 6) is 0.625. The van der Waals surface area contributed by atoms with Gasteiger partial charge in [0.25, 0.3) is 0 Å². The molecule has 0 fully saturated rings. The van der Waals surface area contributed by atoms with E-state index < -0.39 is 0 Å². The average Bonchev–Trinajstić information content (AvgIpc) is 2.35. The molecule has 17 heavy (non-hydrogen) atoms. The van der Waals surface area contributed by atoms with Gasteiger partial charge in [-0.15, -0.1) is 0 Å². The zero-order chi connectivity index (χ0) is 12.7. The molecule has 0 aliphatic carbocycles. The number of alkyl halides is 1. The molecule has 0 aliphatic heterocycles. The second-order valence-electron chi connectivity index (χ2n) is 4.81. The molecule has 0 atom stereocenters. The molecule has 0 aliphatic rings. The fourth-order valence-corrected chi connectivity index (χ4v) is 2.15. The van der Waals surface area contributed by atoms with Gasteiger partial charge in [0.1, 0.15) is 0 Å². The lowest BCUT2D eigenvalue weighted by Gasteiger charge is -2.20. The summed E-state index contributed by atoms with van der Waals surface area (Å²) < 4.78 is 0. The first-order chi connectivity index (χ1) is 8.17. The van der Waals surface area contributed by atoms with Crippen LogP contribution in [0.3, 0.4) is 0 Å². The number of rotatable bonds is 7. The Bertz CT molecular complexity index is 305. The van der Waals surface area contributed by atoms with E-state index in [1.165, 1.54) is 24.1 Å². The predicted octanol–water partition coefficient (Wildman–Crippen LogP) is 4.42. The van der Waals surface area contributed by atoms with Crippen LogP contribution in [0.25, 0.3) is 0 Å². The molecular weight excluding hydrogens is 274 g/mol. The molecule has 0 spiro atoms. The standard InChI is InChI=1S/C15H24BrN/c1-4-17(11-5-10-16)12-14-6-8-15(9-7-14)13(2)3/h6-9,13H,4-5,10-12H2,1-3H3. The minimum absolute atomic E-state index is 0.625. The maximum Gasteiger partial charge on any atom is 0.0233 e. The van der Waals surface area contributed by atoms with Gasteiger partial charge in [-0.2, -0.15) is 0 Å². The first-order valence-corrected chi connectivity index (χ1v) is 7.66. The highest BCUT2D eigenvalue weighted by Crippen LogP contribution is 2.15. The molecule has 0 radical (unpaired) electrons. The van der Waals surface area contributed by atoms with Crippen molar-refractivity contribution in [2.24, 2.45) is 0 Å². The van der Waals surface area contributed by atoms with E-state index in [0.29, 0.717) is 5.92 Å². The van der Waals surface area contributed by atoms with Gasteiger partial charge in [0, 0.05) is 11.9 Å². The number of hydrogen-bond acceptors (Lipinski definition) is 1. The molecule has 0 heterocycles.